The van der Waals surface area contributed by atoms with E-state index in [1.54, 1.807) is 12.1 Å². The summed E-state index contributed by atoms with van der Waals surface area (Å²) in [5.74, 6) is 1.15. The molecule has 1 unspecified atom stereocenters. The van der Waals surface area contributed by atoms with Crippen LogP contribution in [0.3, 0.4) is 0 Å². The first kappa shape index (κ1) is 15.9. The van der Waals surface area contributed by atoms with Crippen molar-refractivity contribution in [3.63, 3.8) is 0 Å². The van der Waals surface area contributed by atoms with Crippen molar-refractivity contribution in [2.45, 2.75) is 31.2 Å². The van der Waals surface area contributed by atoms with Crippen molar-refractivity contribution in [3.05, 3.63) is 59.4 Å². The van der Waals surface area contributed by atoms with E-state index < -0.39 is 5.41 Å². The molecule has 1 amide bonds. The van der Waals surface area contributed by atoms with Gasteiger partial charge >= 0.3 is 0 Å². The van der Waals surface area contributed by atoms with Crippen molar-refractivity contribution in [2.24, 2.45) is 0 Å². The molecule has 2 aromatic carbocycles. The average molecular weight is 341 g/mol. The molecule has 4 rings (SSSR count). The fourth-order valence-corrected chi connectivity index (χ4v) is 3.29. The molecule has 0 spiro atoms. The van der Waals surface area contributed by atoms with Crippen LogP contribution in [-0.4, -0.2) is 19.1 Å². The molecular formula is C20H20FNO3. The van der Waals surface area contributed by atoms with Gasteiger partial charge in [0.05, 0.1) is 11.5 Å². The molecule has 0 bridgehead atoms. The highest BCUT2D eigenvalue weighted by Crippen LogP contribution is 2.48. The van der Waals surface area contributed by atoms with Crippen molar-refractivity contribution < 1.29 is 18.7 Å². The van der Waals surface area contributed by atoms with E-state index in [9.17, 15) is 9.18 Å². The Kier molecular flexibility index (Phi) is 3.86. The maximum absolute atomic E-state index is 13.1. The highest BCUT2D eigenvalue weighted by atomic mass is 19.1. The maximum atomic E-state index is 13.1. The number of amides is 1. The van der Waals surface area contributed by atoms with Crippen LogP contribution >= 0.6 is 0 Å². The third kappa shape index (κ3) is 2.95. The van der Waals surface area contributed by atoms with E-state index in [1.165, 1.54) is 12.1 Å². The van der Waals surface area contributed by atoms with E-state index in [-0.39, 0.29) is 17.8 Å². The Labute approximate surface area is 146 Å². The van der Waals surface area contributed by atoms with Gasteiger partial charge in [-0.3, -0.25) is 4.79 Å². The fourth-order valence-electron chi connectivity index (χ4n) is 3.29. The zero-order chi connectivity index (χ0) is 17.4. The monoisotopic (exact) mass is 341 g/mol. The first-order valence-corrected chi connectivity index (χ1v) is 8.55. The number of ether oxygens (including phenoxy) is 2. The quantitative estimate of drug-likeness (QED) is 0.926. The van der Waals surface area contributed by atoms with Crippen LogP contribution in [0.25, 0.3) is 0 Å². The van der Waals surface area contributed by atoms with E-state index in [4.69, 9.17) is 9.47 Å². The van der Waals surface area contributed by atoms with Crippen LogP contribution in [0.1, 0.15) is 36.9 Å². The van der Waals surface area contributed by atoms with Gasteiger partial charge in [-0.05, 0) is 55.2 Å². The summed E-state index contributed by atoms with van der Waals surface area (Å²) >= 11 is 0. The van der Waals surface area contributed by atoms with E-state index >= 15 is 0 Å². The zero-order valence-corrected chi connectivity index (χ0v) is 14.0. The van der Waals surface area contributed by atoms with Gasteiger partial charge in [0, 0.05) is 0 Å². The second-order valence-corrected chi connectivity index (χ2v) is 6.69. The number of halogens is 1. The molecule has 2 aliphatic rings. The highest BCUT2D eigenvalue weighted by Gasteiger charge is 2.51. The molecule has 1 saturated carbocycles. The number of hydrogen-bond acceptors (Lipinski definition) is 3. The van der Waals surface area contributed by atoms with E-state index in [2.05, 4.69) is 5.32 Å². The van der Waals surface area contributed by atoms with Gasteiger partial charge in [0.25, 0.3) is 0 Å². The van der Waals surface area contributed by atoms with Crippen molar-refractivity contribution in [1.82, 2.24) is 5.32 Å². The first-order chi connectivity index (χ1) is 12.1. The lowest BCUT2D eigenvalue weighted by atomic mass is 9.94. The van der Waals surface area contributed by atoms with E-state index in [0.717, 1.165) is 29.7 Å². The van der Waals surface area contributed by atoms with Crippen LogP contribution in [0.4, 0.5) is 4.39 Å². The summed E-state index contributed by atoms with van der Waals surface area (Å²) in [5.41, 5.74) is 1.32. The first-order valence-electron chi connectivity index (χ1n) is 8.55. The predicted molar refractivity (Wildman–Crippen MR) is 91.3 cm³/mol. The standard InChI is InChI=1S/C20H20FNO3/c1-13(14-2-7-17-18(12-14)25-11-10-24-17)22-19(23)20(8-9-20)15-3-5-16(21)6-4-15/h2-7,12-13H,8-11H2,1H3,(H,22,23). The Morgan fingerprint density at radius 2 is 1.76 bits per heavy atom. The number of hydrogen-bond donors (Lipinski definition) is 1. The molecule has 5 heteroatoms. The Balaban J connectivity index is 1.50. The summed E-state index contributed by atoms with van der Waals surface area (Å²) in [6.45, 7) is 3.04. The minimum Gasteiger partial charge on any atom is -0.486 e. The molecule has 1 atom stereocenters. The van der Waals surface area contributed by atoms with Gasteiger partial charge in [-0.2, -0.15) is 0 Å². The third-order valence-electron chi connectivity index (χ3n) is 5.00. The van der Waals surface area contributed by atoms with Crippen LogP contribution < -0.4 is 14.8 Å². The van der Waals surface area contributed by atoms with Crippen LogP contribution in [0.2, 0.25) is 0 Å². The van der Waals surface area contributed by atoms with Crippen molar-refractivity contribution >= 4 is 5.91 Å². The lowest BCUT2D eigenvalue weighted by molar-refractivity contribution is -0.124. The lowest BCUT2D eigenvalue weighted by Gasteiger charge is -2.23. The van der Waals surface area contributed by atoms with Gasteiger partial charge in [-0.15, -0.1) is 0 Å². The third-order valence-corrected chi connectivity index (χ3v) is 5.00. The Bertz CT molecular complexity index is 799. The number of benzene rings is 2. The summed E-state index contributed by atoms with van der Waals surface area (Å²) < 4.78 is 24.3. The predicted octanol–water partition coefficient (Wildman–Crippen LogP) is 3.51. The molecule has 1 N–H and O–H groups in total. The molecule has 1 aliphatic carbocycles. The van der Waals surface area contributed by atoms with Gasteiger partial charge in [0.15, 0.2) is 11.5 Å². The highest BCUT2D eigenvalue weighted by molar-refractivity contribution is 5.91. The molecule has 4 nitrogen and oxygen atoms in total. The second-order valence-electron chi connectivity index (χ2n) is 6.69. The van der Waals surface area contributed by atoms with Gasteiger partial charge in [0.1, 0.15) is 19.0 Å². The van der Waals surface area contributed by atoms with Gasteiger partial charge in [0.2, 0.25) is 5.91 Å². The normalized spacial score (nSPS) is 18.3. The van der Waals surface area contributed by atoms with Crippen LogP contribution in [0.5, 0.6) is 11.5 Å². The summed E-state index contributed by atoms with van der Waals surface area (Å²) in [6.07, 6.45) is 1.58. The molecule has 2 aromatic rings. The number of rotatable bonds is 4. The Hall–Kier alpha value is -2.56. The topological polar surface area (TPSA) is 47.6 Å². The molecule has 0 radical (unpaired) electrons. The van der Waals surface area contributed by atoms with Crippen molar-refractivity contribution in [2.75, 3.05) is 13.2 Å². The minimum atomic E-state index is -0.518. The van der Waals surface area contributed by atoms with Crippen LogP contribution in [0.15, 0.2) is 42.5 Å². The molecular weight excluding hydrogens is 321 g/mol. The zero-order valence-electron chi connectivity index (χ0n) is 14.0. The van der Waals surface area contributed by atoms with E-state index in [0.29, 0.717) is 19.0 Å². The Morgan fingerprint density at radius 3 is 2.44 bits per heavy atom. The van der Waals surface area contributed by atoms with E-state index in [1.807, 2.05) is 25.1 Å². The molecule has 1 heterocycles. The molecule has 0 saturated heterocycles. The summed E-state index contributed by atoms with van der Waals surface area (Å²) in [7, 11) is 0. The second kappa shape index (κ2) is 6.06. The number of carbonyl (C=O) groups is 1. The largest absolute Gasteiger partial charge is 0.486 e. The molecule has 0 aromatic heterocycles. The molecule has 25 heavy (non-hydrogen) atoms. The maximum Gasteiger partial charge on any atom is 0.231 e. The fraction of sp³-hybridized carbons (Fsp3) is 0.350. The van der Waals surface area contributed by atoms with Gasteiger partial charge < -0.3 is 14.8 Å². The van der Waals surface area contributed by atoms with Gasteiger partial charge in [-0.1, -0.05) is 18.2 Å². The smallest absolute Gasteiger partial charge is 0.231 e. The molecule has 1 aliphatic heterocycles. The molecule has 130 valence electrons. The number of carbonyl (C=O) groups excluding carboxylic acids is 1. The summed E-state index contributed by atoms with van der Waals surface area (Å²) in [4.78, 5) is 12.8. The SMILES string of the molecule is CC(NC(=O)C1(c2ccc(F)cc2)CC1)c1ccc2c(c1)OCCO2. The van der Waals surface area contributed by atoms with Gasteiger partial charge in [-0.25, -0.2) is 4.39 Å². The van der Waals surface area contributed by atoms with Crippen LogP contribution in [0, 0.1) is 5.82 Å². The molecule has 1 fully saturated rings. The summed E-state index contributed by atoms with van der Waals surface area (Å²) in [5, 5.41) is 3.09. The van der Waals surface area contributed by atoms with Crippen LogP contribution in [-0.2, 0) is 10.2 Å². The van der Waals surface area contributed by atoms with Crippen molar-refractivity contribution in [3.8, 4) is 11.5 Å². The number of fused-ring (bicyclic) bond motifs is 1. The number of nitrogens with one attached hydrogen (secondary N) is 1. The minimum absolute atomic E-state index is 0.0125. The Morgan fingerprint density at radius 1 is 1.08 bits per heavy atom. The average Bonchev–Trinajstić information content (AvgIpc) is 3.44. The summed E-state index contributed by atoms with van der Waals surface area (Å²) in [6, 6.07) is 11.8. The van der Waals surface area contributed by atoms with Crippen molar-refractivity contribution in [1.29, 1.82) is 0 Å². The lowest BCUT2D eigenvalue weighted by Crippen LogP contribution is -2.36.